The van der Waals surface area contributed by atoms with Crippen LogP contribution >= 0.6 is 0 Å². The van der Waals surface area contributed by atoms with Crippen LogP contribution in [0.15, 0.2) is 23.2 Å². The van der Waals surface area contributed by atoms with Gasteiger partial charge < -0.3 is 10.6 Å². The largest absolute Gasteiger partial charge is 0.341 e. The van der Waals surface area contributed by atoms with E-state index in [1.807, 2.05) is 36.9 Å². The third-order valence-corrected chi connectivity index (χ3v) is 5.47. The van der Waals surface area contributed by atoms with E-state index in [1.54, 1.807) is 4.90 Å². The maximum absolute atomic E-state index is 13.0. The van der Waals surface area contributed by atoms with Gasteiger partial charge in [-0.25, -0.2) is 0 Å². The van der Waals surface area contributed by atoms with Crippen LogP contribution in [-0.4, -0.2) is 48.2 Å². The lowest BCUT2D eigenvalue weighted by atomic mass is 10.0. The molecule has 2 amide bonds. The number of aliphatic imine (C=N–C) groups is 1. The normalized spacial score (nSPS) is 21.1. The van der Waals surface area contributed by atoms with Gasteiger partial charge in [0.05, 0.1) is 5.69 Å². The minimum Gasteiger partial charge on any atom is -0.341 e. The Hall–Kier alpha value is -2.21. The number of anilines is 1. The van der Waals surface area contributed by atoms with E-state index in [2.05, 4.69) is 4.99 Å². The highest BCUT2D eigenvalue weighted by Crippen LogP contribution is 2.30. The maximum Gasteiger partial charge on any atom is 0.266 e. The van der Waals surface area contributed by atoms with E-state index in [1.165, 1.54) is 6.42 Å². The molecule has 1 saturated heterocycles. The third-order valence-electron chi connectivity index (χ3n) is 5.47. The predicted octanol–water partition coefficient (Wildman–Crippen LogP) is 2.62. The number of aryl methyl sites for hydroxylation is 1. The number of likely N-dealkylation sites (tertiary alicyclic amines) is 1. The lowest BCUT2D eigenvalue weighted by Crippen LogP contribution is -2.48. The van der Waals surface area contributed by atoms with Gasteiger partial charge in [-0.3, -0.25) is 19.5 Å². The molecule has 1 aromatic rings. The molecule has 27 heavy (non-hydrogen) atoms. The van der Waals surface area contributed by atoms with Crippen molar-refractivity contribution < 1.29 is 9.59 Å². The number of rotatable bonds is 3. The molecule has 1 fully saturated rings. The van der Waals surface area contributed by atoms with E-state index in [0.29, 0.717) is 6.42 Å². The zero-order valence-electron chi connectivity index (χ0n) is 16.4. The number of hydrogen-bond donors (Lipinski definition) is 1. The van der Waals surface area contributed by atoms with Gasteiger partial charge in [0.15, 0.2) is 6.17 Å². The van der Waals surface area contributed by atoms with Crippen LogP contribution in [0.2, 0.25) is 0 Å². The summed E-state index contributed by atoms with van der Waals surface area (Å²) in [4.78, 5) is 33.9. The molecule has 0 spiro atoms. The molecule has 6 nitrogen and oxygen atoms in total. The molecule has 1 atom stereocenters. The van der Waals surface area contributed by atoms with Crippen molar-refractivity contribution in [2.24, 2.45) is 10.7 Å². The highest BCUT2D eigenvalue weighted by atomic mass is 16.2. The second kappa shape index (κ2) is 8.65. The van der Waals surface area contributed by atoms with Crippen LogP contribution in [0.1, 0.15) is 56.6 Å². The number of nitrogens with zero attached hydrogens (tertiary/aromatic N) is 3. The number of para-hydroxylation sites is 1. The van der Waals surface area contributed by atoms with Crippen LogP contribution in [0, 0.1) is 6.92 Å². The standard InChI is InChI=1S/C21H30N4O2/c1-3-17-16-11-9-10-15(2)19(16)25(21(27)20(22)23-17)14-18(26)24-12-7-5-4-6-8-13-24/h9-11,20H,3-8,12-14,22H2,1-2H3/t20-/m0/s1. The number of carbonyl (C=O) groups excluding carboxylic acids is 2. The van der Waals surface area contributed by atoms with Crippen molar-refractivity contribution in [3.05, 3.63) is 29.3 Å². The number of benzodiazepines with no additional fused rings is 1. The lowest BCUT2D eigenvalue weighted by Gasteiger charge is -2.30. The van der Waals surface area contributed by atoms with Crippen molar-refractivity contribution in [2.75, 3.05) is 24.5 Å². The molecule has 0 unspecified atom stereocenters. The van der Waals surface area contributed by atoms with Gasteiger partial charge in [-0.1, -0.05) is 44.4 Å². The molecule has 3 rings (SSSR count). The first kappa shape index (κ1) is 19.5. The number of carbonyl (C=O) groups is 2. The summed E-state index contributed by atoms with van der Waals surface area (Å²) in [6.07, 6.45) is 5.33. The Morgan fingerprint density at radius 3 is 2.52 bits per heavy atom. The second-order valence-electron chi connectivity index (χ2n) is 7.42. The Bertz CT molecular complexity index is 736. The minimum atomic E-state index is -0.966. The molecular formula is C21H30N4O2. The summed E-state index contributed by atoms with van der Waals surface area (Å²) < 4.78 is 0. The van der Waals surface area contributed by atoms with Crippen LogP contribution in [0.25, 0.3) is 0 Å². The lowest BCUT2D eigenvalue weighted by molar-refractivity contribution is -0.131. The minimum absolute atomic E-state index is 0.00778. The first-order valence-corrected chi connectivity index (χ1v) is 10.0. The predicted molar refractivity (Wildman–Crippen MR) is 108 cm³/mol. The van der Waals surface area contributed by atoms with Crippen LogP contribution in [-0.2, 0) is 9.59 Å². The molecule has 0 bridgehead atoms. The van der Waals surface area contributed by atoms with E-state index in [9.17, 15) is 9.59 Å². The summed E-state index contributed by atoms with van der Waals surface area (Å²) in [6.45, 7) is 5.53. The number of fused-ring (bicyclic) bond motifs is 1. The van der Waals surface area contributed by atoms with Gasteiger partial charge in [-0.2, -0.15) is 0 Å². The third kappa shape index (κ3) is 4.21. The fourth-order valence-electron chi connectivity index (χ4n) is 3.98. The Morgan fingerprint density at radius 2 is 1.85 bits per heavy atom. The Kier molecular flexibility index (Phi) is 6.26. The molecule has 2 aliphatic heterocycles. The van der Waals surface area contributed by atoms with Gasteiger partial charge >= 0.3 is 0 Å². The molecule has 2 aliphatic rings. The van der Waals surface area contributed by atoms with Crippen LogP contribution in [0.4, 0.5) is 5.69 Å². The molecule has 0 aliphatic carbocycles. The molecule has 0 saturated carbocycles. The van der Waals surface area contributed by atoms with E-state index in [0.717, 1.165) is 61.3 Å². The summed E-state index contributed by atoms with van der Waals surface area (Å²) in [6, 6.07) is 5.88. The highest BCUT2D eigenvalue weighted by molar-refractivity contribution is 6.14. The van der Waals surface area contributed by atoms with Crippen molar-refractivity contribution in [3.63, 3.8) is 0 Å². The topological polar surface area (TPSA) is 79.0 Å². The number of amides is 2. The Labute approximate surface area is 161 Å². The van der Waals surface area contributed by atoms with Crippen LogP contribution in [0.3, 0.4) is 0 Å². The maximum atomic E-state index is 13.0. The van der Waals surface area contributed by atoms with Crippen molar-refractivity contribution >= 4 is 23.2 Å². The first-order valence-electron chi connectivity index (χ1n) is 10.0. The van der Waals surface area contributed by atoms with Gasteiger partial charge in [0.1, 0.15) is 6.54 Å². The average molecular weight is 370 g/mol. The smallest absolute Gasteiger partial charge is 0.266 e. The van der Waals surface area contributed by atoms with Gasteiger partial charge in [0.25, 0.3) is 5.91 Å². The van der Waals surface area contributed by atoms with Gasteiger partial charge in [-0.05, 0) is 31.7 Å². The van der Waals surface area contributed by atoms with Crippen LogP contribution in [0.5, 0.6) is 0 Å². The van der Waals surface area contributed by atoms with E-state index in [-0.39, 0.29) is 18.4 Å². The van der Waals surface area contributed by atoms with Crippen molar-refractivity contribution in [1.82, 2.24) is 4.90 Å². The zero-order chi connectivity index (χ0) is 19.4. The van der Waals surface area contributed by atoms with Crippen molar-refractivity contribution in [1.29, 1.82) is 0 Å². The fourth-order valence-corrected chi connectivity index (χ4v) is 3.98. The SMILES string of the molecule is CCC1=N[C@H](N)C(=O)N(CC(=O)N2CCCCCCC2)c2c(C)cccc21. The van der Waals surface area contributed by atoms with E-state index < -0.39 is 6.17 Å². The average Bonchev–Trinajstić information content (AvgIpc) is 2.72. The summed E-state index contributed by atoms with van der Waals surface area (Å²) in [5.74, 6) is -0.319. The van der Waals surface area contributed by atoms with Gasteiger partial charge in [-0.15, -0.1) is 0 Å². The molecule has 2 N–H and O–H groups in total. The molecule has 0 aromatic heterocycles. The summed E-state index contributed by atoms with van der Waals surface area (Å²) in [7, 11) is 0. The first-order chi connectivity index (χ1) is 13.0. The Morgan fingerprint density at radius 1 is 1.19 bits per heavy atom. The number of benzene rings is 1. The molecule has 0 radical (unpaired) electrons. The Balaban J connectivity index is 1.91. The monoisotopic (exact) mass is 370 g/mol. The summed E-state index contributed by atoms with van der Waals surface area (Å²) in [5, 5.41) is 0. The van der Waals surface area contributed by atoms with Crippen LogP contribution < -0.4 is 10.6 Å². The molecule has 1 aromatic carbocycles. The number of hydrogen-bond acceptors (Lipinski definition) is 4. The summed E-state index contributed by atoms with van der Waals surface area (Å²) in [5.41, 5.74) is 9.51. The van der Waals surface area contributed by atoms with Gasteiger partial charge in [0.2, 0.25) is 5.91 Å². The molecule has 6 heteroatoms. The second-order valence-corrected chi connectivity index (χ2v) is 7.42. The van der Waals surface area contributed by atoms with Crippen molar-refractivity contribution in [3.8, 4) is 0 Å². The number of nitrogens with two attached hydrogens (primary N) is 1. The zero-order valence-corrected chi connectivity index (χ0v) is 16.4. The van der Waals surface area contributed by atoms with Crippen molar-refractivity contribution in [2.45, 2.75) is 58.5 Å². The van der Waals surface area contributed by atoms with E-state index >= 15 is 0 Å². The van der Waals surface area contributed by atoms with Gasteiger partial charge in [0, 0.05) is 24.4 Å². The molecule has 146 valence electrons. The summed E-state index contributed by atoms with van der Waals surface area (Å²) >= 11 is 0. The quantitative estimate of drug-likeness (QED) is 0.888. The molecule has 2 heterocycles. The fraction of sp³-hybridized carbons (Fsp3) is 0.571. The van der Waals surface area contributed by atoms with E-state index in [4.69, 9.17) is 5.73 Å². The highest BCUT2D eigenvalue weighted by Gasteiger charge is 2.32. The molecular weight excluding hydrogens is 340 g/mol.